The predicted octanol–water partition coefficient (Wildman–Crippen LogP) is 3.21. The lowest BCUT2D eigenvalue weighted by Gasteiger charge is -2.48. The topological polar surface area (TPSA) is 113 Å². The summed E-state index contributed by atoms with van der Waals surface area (Å²) in [5.41, 5.74) is -1.56. The van der Waals surface area contributed by atoms with Gasteiger partial charge in [0.15, 0.2) is 0 Å². The Labute approximate surface area is 187 Å². The summed E-state index contributed by atoms with van der Waals surface area (Å²) in [5.74, 6) is -2.45. The van der Waals surface area contributed by atoms with E-state index in [0.717, 1.165) is 0 Å². The number of carboxylic acid groups (broad SMARTS) is 1. The number of carbonyl (C=O) groups excluding carboxylic acids is 3. The van der Waals surface area contributed by atoms with Crippen molar-refractivity contribution in [3.05, 3.63) is 0 Å². The molecule has 0 spiro atoms. The molecular formula is C21H34N2O7S. The van der Waals surface area contributed by atoms with Crippen molar-refractivity contribution in [2.45, 2.75) is 108 Å². The number of ether oxygens (including phenoxy) is 2. The van der Waals surface area contributed by atoms with E-state index in [9.17, 15) is 24.3 Å². The van der Waals surface area contributed by atoms with Crippen molar-refractivity contribution in [3.8, 4) is 0 Å². The van der Waals surface area contributed by atoms with Gasteiger partial charge in [0.25, 0.3) is 0 Å². The molecule has 2 rings (SSSR count). The molecule has 2 aliphatic heterocycles. The van der Waals surface area contributed by atoms with Crippen molar-refractivity contribution in [2.24, 2.45) is 0 Å². The fourth-order valence-electron chi connectivity index (χ4n) is 3.87. The number of rotatable bonds is 6. The van der Waals surface area contributed by atoms with Crippen LogP contribution >= 0.6 is 11.8 Å². The number of β-lactam (4-membered cyclic amide) rings is 1. The Morgan fingerprint density at radius 1 is 1.06 bits per heavy atom. The standard InChI is InChI=1S/C21H34N2O7S/c1-9-21(10-2)23(18(28)30-20(6,7)8)14-15(26)22(16(14)31-21)12(11-13(24)25)17(27)29-19(3,4)5/h12,14,16H,9-11H2,1-8H3,(H,24,25). The molecule has 9 nitrogen and oxygen atoms in total. The second kappa shape index (κ2) is 8.52. The first kappa shape index (κ1) is 25.3. The molecule has 176 valence electrons. The number of amides is 2. The summed E-state index contributed by atoms with van der Waals surface area (Å²) in [7, 11) is 0. The lowest BCUT2D eigenvalue weighted by Crippen LogP contribution is -2.71. The Hall–Kier alpha value is -1.97. The predicted molar refractivity (Wildman–Crippen MR) is 115 cm³/mol. The first-order valence-corrected chi connectivity index (χ1v) is 11.4. The van der Waals surface area contributed by atoms with E-state index in [1.54, 1.807) is 41.5 Å². The van der Waals surface area contributed by atoms with Crippen LogP contribution in [-0.4, -0.2) is 72.4 Å². The van der Waals surface area contributed by atoms with Crippen LogP contribution in [0.2, 0.25) is 0 Å². The summed E-state index contributed by atoms with van der Waals surface area (Å²) in [6.45, 7) is 14.2. The minimum absolute atomic E-state index is 0.468. The number of carbonyl (C=O) groups is 4. The molecule has 0 saturated carbocycles. The molecule has 0 aromatic rings. The SMILES string of the molecule is CCC1(CC)SC2C(C(=O)N2C(CC(=O)O)C(=O)OC(C)(C)C)N1C(=O)OC(C)(C)C. The van der Waals surface area contributed by atoms with Gasteiger partial charge in [-0.3, -0.25) is 14.5 Å². The number of esters is 1. The highest BCUT2D eigenvalue weighted by atomic mass is 32.2. The summed E-state index contributed by atoms with van der Waals surface area (Å²) in [5, 5.41) is 8.81. The maximum Gasteiger partial charge on any atom is 0.412 e. The van der Waals surface area contributed by atoms with E-state index in [0.29, 0.717) is 12.8 Å². The summed E-state index contributed by atoms with van der Waals surface area (Å²) in [6, 6.07) is -2.07. The number of nitrogens with zero attached hydrogens (tertiary/aromatic N) is 2. The molecule has 1 N–H and O–H groups in total. The number of aliphatic carboxylic acids is 1. The number of likely N-dealkylation sites (tertiary alicyclic amines) is 1. The lowest BCUT2D eigenvalue weighted by atomic mass is 9.97. The largest absolute Gasteiger partial charge is 0.481 e. The fourth-order valence-corrected chi connectivity index (χ4v) is 5.69. The van der Waals surface area contributed by atoms with Gasteiger partial charge in [0.1, 0.15) is 28.7 Å². The van der Waals surface area contributed by atoms with E-state index >= 15 is 0 Å². The Morgan fingerprint density at radius 3 is 2.00 bits per heavy atom. The van der Waals surface area contributed by atoms with Gasteiger partial charge in [-0.25, -0.2) is 9.59 Å². The Bertz CT molecular complexity index is 752. The van der Waals surface area contributed by atoms with Gasteiger partial charge in [0, 0.05) is 0 Å². The van der Waals surface area contributed by atoms with Crippen molar-refractivity contribution in [3.63, 3.8) is 0 Å². The molecule has 0 radical (unpaired) electrons. The van der Waals surface area contributed by atoms with Crippen LogP contribution in [0.15, 0.2) is 0 Å². The van der Waals surface area contributed by atoms with Gasteiger partial charge in [-0.1, -0.05) is 13.8 Å². The second-order valence-corrected chi connectivity index (χ2v) is 11.3. The zero-order valence-corrected chi connectivity index (χ0v) is 20.4. The van der Waals surface area contributed by atoms with E-state index in [1.165, 1.54) is 21.6 Å². The number of carboxylic acids is 1. The van der Waals surface area contributed by atoms with E-state index in [2.05, 4.69) is 0 Å². The lowest BCUT2D eigenvalue weighted by molar-refractivity contribution is -0.176. The molecule has 0 aromatic carbocycles. The van der Waals surface area contributed by atoms with Gasteiger partial charge < -0.3 is 19.5 Å². The molecule has 0 bridgehead atoms. The van der Waals surface area contributed by atoms with Crippen molar-refractivity contribution < 1.29 is 33.8 Å². The van der Waals surface area contributed by atoms with Crippen LogP contribution in [0.25, 0.3) is 0 Å². The van der Waals surface area contributed by atoms with Crippen LogP contribution in [0.1, 0.15) is 74.7 Å². The summed E-state index contributed by atoms with van der Waals surface area (Å²) in [6.07, 6.45) is -0.0201. The maximum absolute atomic E-state index is 13.2. The minimum Gasteiger partial charge on any atom is -0.481 e. The van der Waals surface area contributed by atoms with Crippen LogP contribution in [0, 0.1) is 0 Å². The first-order chi connectivity index (χ1) is 14.1. The van der Waals surface area contributed by atoms with E-state index in [4.69, 9.17) is 9.47 Å². The number of thioether (sulfide) groups is 1. The quantitative estimate of drug-likeness (QED) is 0.477. The molecule has 0 aromatic heterocycles. The molecule has 2 aliphatic rings. The van der Waals surface area contributed by atoms with Gasteiger partial charge >= 0.3 is 18.0 Å². The second-order valence-electron chi connectivity index (χ2n) is 9.85. The number of hydrogen-bond acceptors (Lipinski definition) is 7. The van der Waals surface area contributed by atoms with Crippen molar-refractivity contribution in [1.82, 2.24) is 9.80 Å². The highest BCUT2D eigenvalue weighted by Crippen LogP contribution is 2.55. The van der Waals surface area contributed by atoms with Crippen LogP contribution in [-0.2, 0) is 23.9 Å². The highest BCUT2D eigenvalue weighted by Gasteiger charge is 2.67. The summed E-state index contributed by atoms with van der Waals surface area (Å²) < 4.78 is 11.0. The number of hydrogen-bond donors (Lipinski definition) is 1. The molecule has 10 heteroatoms. The van der Waals surface area contributed by atoms with Crippen LogP contribution in [0.3, 0.4) is 0 Å². The van der Waals surface area contributed by atoms with Gasteiger partial charge in [-0.2, -0.15) is 0 Å². The molecular weight excluding hydrogens is 424 g/mol. The Balaban J connectivity index is 2.39. The molecule has 2 saturated heterocycles. The van der Waals surface area contributed by atoms with E-state index in [-0.39, 0.29) is 0 Å². The monoisotopic (exact) mass is 458 g/mol. The molecule has 0 aliphatic carbocycles. The van der Waals surface area contributed by atoms with E-state index in [1.807, 2.05) is 13.8 Å². The van der Waals surface area contributed by atoms with Gasteiger partial charge in [0.2, 0.25) is 5.91 Å². The number of fused-ring (bicyclic) bond motifs is 1. The van der Waals surface area contributed by atoms with Crippen LogP contribution in [0.5, 0.6) is 0 Å². The zero-order valence-electron chi connectivity index (χ0n) is 19.6. The average Bonchev–Trinajstić information content (AvgIpc) is 2.89. The fraction of sp³-hybridized carbons (Fsp3) is 0.810. The third-order valence-corrected chi connectivity index (χ3v) is 7.13. The molecule has 2 heterocycles. The third-order valence-electron chi connectivity index (χ3n) is 5.19. The van der Waals surface area contributed by atoms with Crippen LogP contribution in [0.4, 0.5) is 4.79 Å². The molecule has 31 heavy (non-hydrogen) atoms. The third kappa shape index (κ3) is 5.10. The first-order valence-electron chi connectivity index (χ1n) is 10.5. The molecule has 2 fully saturated rings. The van der Waals surface area contributed by atoms with Crippen molar-refractivity contribution >= 4 is 35.7 Å². The maximum atomic E-state index is 13.2. The molecule has 3 atom stereocenters. The summed E-state index contributed by atoms with van der Waals surface area (Å²) in [4.78, 5) is 52.5. The zero-order chi connectivity index (χ0) is 23.9. The van der Waals surface area contributed by atoms with Crippen molar-refractivity contribution in [2.75, 3.05) is 0 Å². The van der Waals surface area contributed by atoms with Gasteiger partial charge in [-0.05, 0) is 54.4 Å². The van der Waals surface area contributed by atoms with Gasteiger partial charge in [-0.15, -0.1) is 11.8 Å². The Kier molecular flexibility index (Phi) is 6.95. The smallest absolute Gasteiger partial charge is 0.412 e. The average molecular weight is 459 g/mol. The Morgan fingerprint density at radius 2 is 1.58 bits per heavy atom. The minimum atomic E-state index is -1.26. The molecule has 3 unspecified atom stereocenters. The molecule has 2 amide bonds. The normalized spacial score (nSPS) is 23.7. The van der Waals surface area contributed by atoms with E-state index < -0.39 is 63.9 Å². The van der Waals surface area contributed by atoms with Gasteiger partial charge in [0.05, 0.1) is 11.3 Å². The van der Waals surface area contributed by atoms with Crippen LogP contribution < -0.4 is 0 Å². The van der Waals surface area contributed by atoms with Crippen molar-refractivity contribution in [1.29, 1.82) is 0 Å². The highest BCUT2D eigenvalue weighted by molar-refractivity contribution is 8.01. The summed E-state index contributed by atoms with van der Waals surface area (Å²) >= 11 is 1.40.